The van der Waals surface area contributed by atoms with E-state index < -0.39 is 36.2 Å². The highest BCUT2D eigenvalue weighted by atomic mass is 35.7. The minimum Gasteiger partial charge on any atom is -0.207 e. The smallest absolute Gasteiger partial charge is 0.207 e. The third kappa shape index (κ3) is 1.99. The summed E-state index contributed by atoms with van der Waals surface area (Å²) in [5.41, 5.74) is -0.436. The van der Waals surface area contributed by atoms with E-state index in [0.717, 1.165) is 6.92 Å². The maximum Gasteiger partial charge on any atom is 0.265 e. The Morgan fingerprint density at radius 3 is 2.29 bits per heavy atom. The van der Waals surface area contributed by atoms with Crippen LogP contribution in [0, 0.1) is 18.6 Å². The molecule has 1 aromatic rings. The van der Waals surface area contributed by atoms with Crippen molar-refractivity contribution >= 4 is 31.3 Å². The summed E-state index contributed by atoms with van der Waals surface area (Å²) in [5, 5.41) is -0.569. The van der Waals surface area contributed by atoms with Gasteiger partial charge in [0.05, 0.1) is 5.02 Å². The molecule has 0 aliphatic rings. The predicted octanol–water partition coefficient (Wildman–Crippen LogP) is 2.85. The molecule has 0 N–H and O–H groups in total. The summed E-state index contributed by atoms with van der Waals surface area (Å²) in [4.78, 5) is -0.889. The van der Waals surface area contributed by atoms with Gasteiger partial charge in [0.1, 0.15) is 16.5 Å². The van der Waals surface area contributed by atoms with E-state index in [4.69, 9.17) is 22.3 Å². The first-order chi connectivity index (χ1) is 6.25. The summed E-state index contributed by atoms with van der Waals surface area (Å²) >= 11 is 5.35. The lowest BCUT2D eigenvalue weighted by molar-refractivity contribution is 0.541. The second-order valence-electron chi connectivity index (χ2n) is 2.55. The quantitative estimate of drug-likeness (QED) is 0.728. The first-order valence-electron chi connectivity index (χ1n) is 3.34. The van der Waals surface area contributed by atoms with Gasteiger partial charge in [-0.3, -0.25) is 0 Å². The van der Waals surface area contributed by atoms with Crippen LogP contribution in [-0.2, 0) is 9.05 Å². The second kappa shape index (κ2) is 3.64. The average Bonchev–Trinajstić information content (AvgIpc) is 1.97. The summed E-state index contributed by atoms with van der Waals surface area (Å²) in [6, 6.07) is 0.704. The van der Waals surface area contributed by atoms with Gasteiger partial charge < -0.3 is 0 Å². The fourth-order valence-corrected chi connectivity index (χ4v) is 2.60. The first-order valence-corrected chi connectivity index (χ1v) is 6.02. The van der Waals surface area contributed by atoms with Crippen molar-refractivity contribution in [1.29, 1.82) is 0 Å². The molecule has 0 amide bonds. The lowest BCUT2D eigenvalue weighted by Crippen LogP contribution is -2.01. The topological polar surface area (TPSA) is 34.1 Å². The molecular formula is C7H4Cl2F2O2S. The van der Waals surface area contributed by atoms with Crippen molar-refractivity contribution < 1.29 is 17.2 Å². The van der Waals surface area contributed by atoms with Gasteiger partial charge in [-0.05, 0) is 13.0 Å². The number of hydrogen-bond donors (Lipinski definition) is 0. The Morgan fingerprint density at radius 1 is 1.36 bits per heavy atom. The van der Waals surface area contributed by atoms with Gasteiger partial charge in [-0.2, -0.15) is 0 Å². The molecule has 78 valence electrons. The van der Waals surface area contributed by atoms with Crippen molar-refractivity contribution in [1.82, 2.24) is 0 Å². The predicted molar refractivity (Wildman–Crippen MR) is 49.1 cm³/mol. The van der Waals surface area contributed by atoms with Crippen LogP contribution in [0.4, 0.5) is 8.78 Å². The van der Waals surface area contributed by atoms with Crippen molar-refractivity contribution in [2.45, 2.75) is 11.8 Å². The highest BCUT2D eigenvalue weighted by Crippen LogP contribution is 2.30. The summed E-state index contributed by atoms with van der Waals surface area (Å²) in [5.74, 6) is -2.18. The van der Waals surface area contributed by atoms with Crippen molar-refractivity contribution in [3.05, 3.63) is 28.3 Å². The molecule has 0 unspecified atom stereocenters. The molecule has 7 heteroatoms. The van der Waals surface area contributed by atoms with Gasteiger partial charge in [-0.15, -0.1) is 0 Å². The van der Waals surface area contributed by atoms with Gasteiger partial charge >= 0.3 is 0 Å². The van der Waals surface area contributed by atoms with Crippen LogP contribution < -0.4 is 0 Å². The van der Waals surface area contributed by atoms with Gasteiger partial charge in [0.2, 0.25) is 0 Å². The molecule has 2 nitrogen and oxygen atoms in total. The maximum absolute atomic E-state index is 13.2. The summed E-state index contributed by atoms with van der Waals surface area (Å²) in [7, 11) is 0.614. The highest BCUT2D eigenvalue weighted by Gasteiger charge is 2.24. The van der Waals surface area contributed by atoms with E-state index in [2.05, 4.69) is 0 Å². The third-order valence-corrected chi connectivity index (χ3v) is 3.36. The summed E-state index contributed by atoms with van der Waals surface area (Å²) in [6.07, 6.45) is 0. The van der Waals surface area contributed by atoms with Crippen LogP contribution in [0.2, 0.25) is 5.02 Å². The Kier molecular flexibility index (Phi) is 3.04. The van der Waals surface area contributed by atoms with Crippen molar-refractivity contribution in [2.24, 2.45) is 0 Å². The molecule has 0 radical (unpaired) electrons. The largest absolute Gasteiger partial charge is 0.265 e. The molecule has 1 rings (SSSR count). The number of benzene rings is 1. The SMILES string of the molecule is Cc1c(F)cc(Cl)c(S(=O)(=O)Cl)c1F. The standard InChI is InChI=1S/C7H4Cl2F2O2S/c1-3-5(10)2-4(8)7(6(3)11)14(9,12)13/h2H,1H3. The second-order valence-corrected chi connectivity index (χ2v) is 5.46. The highest BCUT2D eigenvalue weighted by molar-refractivity contribution is 8.13. The summed E-state index contributed by atoms with van der Waals surface area (Å²) < 4.78 is 47.8. The molecule has 0 atom stereocenters. The Morgan fingerprint density at radius 2 is 1.86 bits per heavy atom. The van der Waals surface area contributed by atoms with E-state index in [-0.39, 0.29) is 0 Å². The number of hydrogen-bond acceptors (Lipinski definition) is 2. The monoisotopic (exact) mass is 260 g/mol. The molecule has 1 aromatic carbocycles. The summed E-state index contributed by atoms with van der Waals surface area (Å²) in [6.45, 7) is 1.09. The third-order valence-electron chi connectivity index (χ3n) is 1.60. The van der Waals surface area contributed by atoms with Crippen LogP contribution in [0.1, 0.15) is 5.56 Å². The molecule has 0 fully saturated rings. The van der Waals surface area contributed by atoms with Gasteiger partial charge in [0, 0.05) is 16.2 Å². The Labute approximate surface area is 88.9 Å². The zero-order chi connectivity index (χ0) is 11.1. The molecule has 0 aliphatic heterocycles. The van der Waals surface area contributed by atoms with Crippen molar-refractivity contribution in [3.63, 3.8) is 0 Å². The van der Waals surface area contributed by atoms with E-state index in [1.807, 2.05) is 0 Å². The molecule has 0 saturated heterocycles. The van der Waals surface area contributed by atoms with Crippen LogP contribution in [-0.4, -0.2) is 8.42 Å². The van der Waals surface area contributed by atoms with Gasteiger partial charge in [-0.1, -0.05) is 11.6 Å². The van der Waals surface area contributed by atoms with Crippen LogP contribution in [0.25, 0.3) is 0 Å². The van der Waals surface area contributed by atoms with Crippen LogP contribution in [0.15, 0.2) is 11.0 Å². The lowest BCUT2D eigenvalue weighted by Gasteiger charge is -2.05. The molecule has 0 spiro atoms. The zero-order valence-electron chi connectivity index (χ0n) is 6.81. The fraction of sp³-hybridized carbons (Fsp3) is 0.143. The Bertz CT molecular complexity index is 485. The molecule has 0 heterocycles. The minimum absolute atomic E-state index is 0.436. The van der Waals surface area contributed by atoms with Gasteiger partial charge in [0.25, 0.3) is 9.05 Å². The minimum atomic E-state index is -4.30. The Hall–Kier alpha value is -0.390. The first kappa shape index (κ1) is 11.7. The van der Waals surface area contributed by atoms with E-state index in [0.29, 0.717) is 6.07 Å². The molecule has 0 aromatic heterocycles. The normalized spacial score (nSPS) is 11.8. The van der Waals surface area contributed by atoms with E-state index >= 15 is 0 Å². The molecular weight excluding hydrogens is 257 g/mol. The van der Waals surface area contributed by atoms with Gasteiger partial charge in [0.15, 0.2) is 0 Å². The van der Waals surface area contributed by atoms with Crippen molar-refractivity contribution in [2.75, 3.05) is 0 Å². The van der Waals surface area contributed by atoms with Crippen molar-refractivity contribution in [3.8, 4) is 0 Å². The lowest BCUT2D eigenvalue weighted by atomic mass is 10.2. The fourth-order valence-electron chi connectivity index (χ4n) is 0.889. The molecule has 0 saturated carbocycles. The average molecular weight is 261 g/mol. The maximum atomic E-state index is 13.2. The molecule has 0 aliphatic carbocycles. The number of halogens is 4. The number of rotatable bonds is 1. The molecule has 14 heavy (non-hydrogen) atoms. The van der Waals surface area contributed by atoms with Crippen LogP contribution in [0.5, 0.6) is 0 Å². The van der Waals surface area contributed by atoms with Crippen LogP contribution in [0.3, 0.4) is 0 Å². The molecule has 0 bridgehead atoms. The van der Waals surface area contributed by atoms with Gasteiger partial charge in [-0.25, -0.2) is 17.2 Å². The van der Waals surface area contributed by atoms with Crippen LogP contribution >= 0.6 is 22.3 Å². The Balaban J connectivity index is 3.70. The zero-order valence-corrected chi connectivity index (χ0v) is 9.14. The van der Waals surface area contributed by atoms with E-state index in [1.165, 1.54) is 0 Å². The van der Waals surface area contributed by atoms with E-state index in [1.54, 1.807) is 0 Å². The van der Waals surface area contributed by atoms with E-state index in [9.17, 15) is 17.2 Å².